The van der Waals surface area contributed by atoms with Gasteiger partial charge in [-0.3, -0.25) is 4.79 Å². The Hall–Kier alpha value is -0.530. The highest BCUT2D eigenvalue weighted by Gasteiger charge is 2.29. The quantitative estimate of drug-likeness (QED) is 0.585. The molecule has 1 aliphatic heterocycles. The van der Waals surface area contributed by atoms with Crippen molar-refractivity contribution in [2.45, 2.75) is 27.7 Å². The summed E-state index contributed by atoms with van der Waals surface area (Å²) < 4.78 is 0. The van der Waals surface area contributed by atoms with Crippen LogP contribution in [-0.4, -0.2) is 23.9 Å². The van der Waals surface area contributed by atoms with Gasteiger partial charge in [-0.1, -0.05) is 27.7 Å². The van der Waals surface area contributed by atoms with Gasteiger partial charge in [-0.05, 0) is 11.8 Å². The Morgan fingerprint density at radius 1 is 1.25 bits per heavy atom. The fourth-order valence-electron chi connectivity index (χ4n) is 1.67. The minimum Gasteiger partial charge on any atom is -0.342 e. The first-order chi connectivity index (χ1) is 5.52. The van der Waals surface area contributed by atoms with Crippen LogP contribution >= 0.6 is 0 Å². The van der Waals surface area contributed by atoms with Gasteiger partial charge >= 0.3 is 0 Å². The molecule has 1 rings (SSSR count). The molecule has 0 bridgehead atoms. The molecular weight excluding hydrogens is 150 g/mol. The van der Waals surface area contributed by atoms with E-state index in [1.54, 1.807) is 0 Å². The lowest BCUT2D eigenvalue weighted by Gasteiger charge is -2.18. The van der Waals surface area contributed by atoms with Crippen LogP contribution in [-0.2, 0) is 4.79 Å². The average Bonchev–Trinajstić information content (AvgIpc) is 2.30. The number of likely N-dealkylation sites (tertiary alicyclic amines) is 1. The molecule has 0 aromatic rings. The maximum absolute atomic E-state index is 11.6. The summed E-state index contributed by atoms with van der Waals surface area (Å²) >= 11 is 0. The lowest BCUT2D eigenvalue weighted by molar-refractivity contribution is -0.133. The molecule has 1 heterocycles. The molecular formula is C10H19NO. The number of nitrogens with zero attached hydrogens (tertiary/aromatic N) is 1. The fourth-order valence-corrected chi connectivity index (χ4v) is 1.67. The monoisotopic (exact) mass is 169 g/mol. The molecule has 2 nitrogen and oxygen atoms in total. The molecule has 1 aliphatic rings. The van der Waals surface area contributed by atoms with Gasteiger partial charge in [-0.25, -0.2) is 0 Å². The zero-order valence-electron chi connectivity index (χ0n) is 8.50. The molecule has 0 aromatic carbocycles. The second kappa shape index (κ2) is 3.46. The third-order valence-electron chi connectivity index (χ3n) is 2.79. The summed E-state index contributed by atoms with van der Waals surface area (Å²) in [4.78, 5) is 13.6. The van der Waals surface area contributed by atoms with Crippen molar-refractivity contribution in [3.63, 3.8) is 0 Å². The summed E-state index contributed by atoms with van der Waals surface area (Å²) in [6.45, 7) is 10.3. The normalized spacial score (nSPS) is 29.9. The molecule has 0 spiro atoms. The summed E-state index contributed by atoms with van der Waals surface area (Å²) in [6, 6.07) is 0. The Labute approximate surface area is 74.9 Å². The van der Waals surface area contributed by atoms with Gasteiger partial charge in [0, 0.05) is 19.0 Å². The van der Waals surface area contributed by atoms with Gasteiger partial charge in [-0.2, -0.15) is 0 Å². The second-order valence-electron chi connectivity index (χ2n) is 4.35. The van der Waals surface area contributed by atoms with E-state index in [0.717, 1.165) is 13.1 Å². The summed E-state index contributed by atoms with van der Waals surface area (Å²) in [5, 5.41) is 0. The Bertz CT molecular complexity index is 167. The summed E-state index contributed by atoms with van der Waals surface area (Å²) in [7, 11) is 0. The summed E-state index contributed by atoms with van der Waals surface area (Å²) in [6.07, 6.45) is 0. The van der Waals surface area contributed by atoms with Gasteiger partial charge in [0.1, 0.15) is 0 Å². The smallest absolute Gasteiger partial charge is 0.225 e. The van der Waals surface area contributed by atoms with E-state index in [0.29, 0.717) is 17.7 Å². The lowest BCUT2D eigenvalue weighted by atomic mass is 10.0. The van der Waals surface area contributed by atoms with Crippen molar-refractivity contribution in [3.05, 3.63) is 0 Å². The van der Waals surface area contributed by atoms with Crippen LogP contribution in [0.5, 0.6) is 0 Å². The number of hydrogen-bond donors (Lipinski definition) is 0. The molecule has 0 N–H and O–H groups in total. The second-order valence-corrected chi connectivity index (χ2v) is 4.35. The predicted molar refractivity (Wildman–Crippen MR) is 49.7 cm³/mol. The van der Waals surface area contributed by atoms with Gasteiger partial charge in [0.2, 0.25) is 5.91 Å². The van der Waals surface area contributed by atoms with Gasteiger partial charge in [-0.15, -0.1) is 0 Å². The van der Waals surface area contributed by atoms with Crippen LogP contribution in [0, 0.1) is 17.8 Å². The van der Waals surface area contributed by atoms with Crippen LogP contribution in [0.15, 0.2) is 0 Å². The van der Waals surface area contributed by atoms with Crippen LogP contribution in [0.4, 0.5) is 0 Å². The molecule has 0 radical (unpaired) electrons. The van der Waals surface area contributed by atoms with Gasteiger partial charge in [0.15, 0.2) is 0 Å². The number of hydrogen-bond acceptors (Lipinski definition) is 1. The number of carbonyl (C=O) groups excluding carboxylic acids is 1. The van der Waals surface area contributed by atoms with E-state index >= 15 is 0 Å². The zero-order chi connectivity index (χ0) is 9.30. The largest absolute Gasteiger partial charge is 0.342 e. The van der Waals surface area contributed by atoms with Gasteiger partial charge in [0.05, 0.1) is 0 Å². The minimum absolute atomic E-state index is 0.155. The van der Waals surface area contributed by atoms with E-state index in [1.807, 2.05) is 18.7 Å². The third-order valence-corrected chi connectivity index (χ3v) is 2.79. The predicted octanol–water partition coefficient (Wildman–Crippen LogP) is 1.76. The van der Waals surface area contributed by atoms with Gasteiger partial charge in [0.25, 0.3) is 0 Å². The van der Waals surface area contributed by atoms with E-state index in [9.17, 15) is 4.79 Å². The number of carbonyl (C=O) groups is 1. The maximum atomic E-state index is 11.6. The number of amides is 1. The standard InChI is InChI=1S/C10H19NO/c1-7(2)10(12)11-5-8(3)9(4)6-11/h7-9H,5-6H2,1-4H3. The van der Waals surface area contributed by atoms with E-state index in [4.69, 9.17) is 0 Å². The molecule has 2 atom stereocenters. The van der Waals surface area contributed by atoms with Crippen molar-refractivity contribution in [2.24, 2.45) is 17.8 Å². The highest BCUT2D eigenvalue weighted by Crippen LogP contribution is 2.23. The lowest BCUT2D eigenvalue weighted by Crippen LogP contribution is -2.32. The van der Waals surface area contributed by atoms with Gasteiger partial charge < -0.3 is 4.90 Å². The third kappa shape index (κ3) is 1.79. The molecule has 2 heteroatoms. The first kappa shape index (κ1) is 9.56. The Morgan fingerprint density at radius 3 is 2.00 bits per heavy atom. The van der Waals surface area contributed by atoms with Crippen molar-refractivity contribution in [3.8, 4) is 0 Å². The number of rotatable bonds is 1. The average molecular weight is 169 g/mol. The Morgan fingerprint density at radius 2 is 1.67 bits per heavy atom. The molecule has 2 unspecified atom stereocenters. The topological polar surface area (TPSA) is 20.3 Å². The zero-order valence-corrected chi connectivity index (χ0v) is 8.50. The van der Waals surface area contributed by atoms with Crippen molar-refractivity contribution < 1.29 is 4.79 Å². The van der Waals surface area contributed by atoms with Crippen LogP contribution in [0.25, 0.3) is 0 Å². The highest BCUT2D eigenvalue weighted by atomic mass is 16.2. The molecule has 0 aromatic heterocycles. The van der Waals surface area contributed by atoms with Crippen molar-refractivity contribution in [2.75, 3.05) is 13.1 Å². The Kier molecular flexibility index (Phi) is 2.76. The van der Waals surface area contributed by atoms with Crippen molar-refractivity contribution in [1.82, 2.24) is 4.90 Å². The molecule has 12 heavy (non-hydrogen) atoms. The summed E-state index contributed by atoms with van der Waals surface area (Å²) in [5.41, 5.74) is 0. The first-order valence-corrected chi connectivity index (χ1v) is 4.81. The summed E-state index contributed by atoms with van der Waals surface area (Å²) in [5.74, 6) is 1.81. The molecule has 0 saturated carbocycles. The van der Waals surface area contributed by atoms with E-state index in [2.05, 4.69) is 13.8 Å². The first-order valence-electron chi connectivity index (χ1n) is 4.81. The fraction of sp³-hybridized carbons (Fsp3) is 0.900. The van der Waals surface area contributed by atoms with Crippen molar-refractivity contribution >= 4 is 5.91 Å². The van der Waals surface area contributed by atoms with Crippen LogP contribution in [0.3, 0.4) is 0 Å². The molecule has 1 saturated heterocycles. The molecule has 0 aliphatic carbocycles. The van der Waals surface area contributed by atoms with Crippen LogP contribution in [0.2, 0.25) is 0 Å². The molecule has 1 amide bonds. The van der Waals surface area contributed by atoms with Crippen LogP contribution < -0.4 is 0 Å². The maximum Gasteiger partial charge on any atom is 0.225 e. The Balaban J connectivity index is 2.52. The van der Waals surface area contributed by atoms with E-state index < -0.39 is 0 Å². The molecule has 1 fully saturated rings. The van der Waals surface area contributed by atoms with E-state index in [1.165, 1.54) is 0 Å². The minimum atomic E-state index is 0.155. The van der Waals surface area contributed by atoms with E-state index in [-0.39, 0.29) is 5.92 Å². The van der Waals surface area contributed by atoms with Crippen molar-refractivity contribution in [1.29, 1.82) is 0 Å². The van der Waals surface area contributed by atoms with Crippen LogP contribution in [0.1, 0.15) is 27.7 Å². The SMILES string of the molecule is CC(C)C(=O)N1CC(C)C(C)C1. The molecule has 70 valence electrons. The highest BCUT2D eigenvalue weighted by molar-refractivity contribution is 5.78.